The predicted molar refractivity (Wildman–Crippen MR) is 74.0 cm³/mol. The molecule has 0 radical (unpaired) electrons. The Bertz CT molecular complexity index is 598. The maximum Gasteiger partial charge on any atom is 0.206 e. The summed E-state index contributed by atoms with van der Waals surface area (Å²) in [7, 11) is -3.53. The van der Waals surface area contributed by atoms with Crippen molar-refractivity contribution in [3.05, 3.63) is 48.5 Å². The van der Waals surface area contributed by atoms with Crippen LogP contribution in [0.25, 0.3) is 0 Å². The van der Waals surface area contributed by atoms with Gasteiger partial charge in [0.1, 0.15) is 0 Å². The third-order valence-electron chi connectivity index (χ3n) is 2.66. The Kier molecular flexibility index (Phi) is 3.70. The van der Waals surface area contributed by atoms with Gasteiger partial charge in [-0.3, -0.25) is 11.7 Å². The normalized spacial score (nSPS) is 11.1. The molecule has 6 N–H and O–H groups in total. The minimum absolute atomic E-state index is 0.208. The minimum Gasteiger partial charge on any atom is -0.324 e. The van der Waals surface area contributed by atoms with Crippen LogP contribution in [0.15, 0.2) is 58.3 Å². The van der Waals surface area contributed by atoms with Gasteiger partial charge in [0.05, 0.1) is 9.79 Å². The molecule has 2 aromatic rings. The van der Waals surface area contributed by atoms with Crippen LogP contribution in [-0.2, 0) is 9.84 Å². The van der Waals surface area contributed by atoms with E-state index in [4.69, 9.17) is 11.7 Å². The number of nitrogen functional groups attached to an aromatic ring is 2. The van der Waals surface area contributed by atoms with E-state index in [9.17, 15) is 8.42 Å². The minimum atomic E-state index is -3.53. The first kappa shape index (κ1) is 13.3. The Balaban J connectivity index is 2.39. The quantitative estimate of drug-likeness (QED) is 0.492. The van der Waals surface area contributed by atoms with Gasteiger partial charge in [-0.15, -0.1) is 0 Å². The molecule has 19 heavy (non-hydrogen) atoms. The first-order valence-corrected chi connectivity index (χ1v) is 6.94. The number of sulfone groups is 1. The largest absolute Gasteiger partial charge is 0.324 e. The zero-order valence-electron chi connectivity index (χ0n) is 10.00. The van der Waals surface area contributed by atoms with Crippen LogP contribution in [0, 0.1) is 0 Å². The number of hydrogen-bond donors (Lipinski definition) is 4. The molecular formula is C12H14N4O2S. The third-order valence-corrected chi connectivity index (χ3v) is 4.45. The number of anilines is 2. The van der Waals surface area contributed by atoms with Crippen molar-refractivity contribution >= 4 is 21.2 Å². The second-order valence-corrected chi connectivity index (χ2v) is 5.79. The van der Waals surface area contributed by atoms with Gasteiger partial charge in [-0.2, -0.15) is 0 Å². The van der Waals surface area contributed by atoms with Crippen molar-refractivity contribution in [2.24, 2.45) is 11.7 Å². The Morgan fingerprint density at radius 2 is 1.00 bits per heavy atom. The van der Waals surface area contributed by atoms with Crippen molar-refractivity contribution in [1.82, 2.24) is 0 Å². The van der Waals surface area contributed by atoms with Crippen molar-refractivity contribution < 1.29 is 8.42 Å². The molecule has 0 saturated heterocycles. The highest BCUT2D eigenvalue weighted by molar-refractivity contribution is 7.91. The van der Waals surface area contributed by atoms with Crippen LogP contribution in [0.5, 0.6) is 0 Å². The van der Waals surface area contributed by atoms with Crippen LogP contribution in [0.2, 0.25) is 0 Å². The van der Waals surface area contributed by atoms with Gasteiger partial charge in [0, 0.05) is 11.4 Å². The smallest absolute Gasteiger partial charge is 0.206 e. The average Bonchev–Trinajstić information content (AvgIpc) is 2.47. The van der Waals surface area contributed by atoms with E-state index in [2.05, 4.69) is 10.9 Å². The van der Waals surface area contributed by atoms with Gasteiger partial charge in [0.15, 0.2) is 0 Å². The van der Waals surface area contributed by atoms with Crippen molar-refractivity contribution in [1.29, 1.82) is 0 Å². The maximum atomic E-state index is 12.3. The van der Waals surface area contributed by atoms with Gasteiger partial charge in [0.25, 0.3) is 0 Å². The summed E-state index contributed by atoms with van der Waals surface area (Å²) in [5, 5.41) is 0. The predicted octanol–water partition coefficient (Wildman–Crippen LogP) is 1.09. The molecule has 0 aliphatic heterocycles. The summed E-state index contributed by atoms with van der Waals surface area (Å²) in [4.78, 5) is 0.417. The molecule has 0 aliphatic rings. The van der Waals surface area contributed by atoms with Crippen LogP contribution >= 0.6 is 0 Å². The van der Waals surface area contributed by atoms with Crippen LogP contribution in [-0.4, -0.2) is 8.42 Å². The van der Waals surface area contributed by atoms with Gasteiger partial charge in [-0.1, -0.05) is 0 Å². The summed E-state index contributed by atoms with van der Waals surface area (Å²) in [5.41, 5.74) is 6.17. The molecule has 6 nitrogen and oxygen atoms in total. The molecule has 7 heteroatoms. The number of benzene rings is 2. The van der Waals surface area contributed by atoms with Crippen molar-refractivity contribution in [2.45, 2.75) is 9.79 Å². The molecule has 2 aromatic carbocycles. The summed E-state index contributed by atoms with van der Waals surface area (Å²) < 4.78 is 24.7. The Hall–Kier alpha value is -2.09. The highest BCUT2D eigenvalue weighted by atomic mass is 32.2. The molecule has 0 heterocycles. The molecule has 0 atom stereocenters. The monoisotopic (exact) mass is 278 g/mol. The zero-order chi connectivity index (χ0) is 13.9. The van der Waals surface area contributed by atoms with Gasteiger partial charge >= 0.3 is 0 Å². The average molecular weight is 278 g/mol. The van der Waals surface area contributed by atoms with E-state index >= 15 is 0 Å². The fraction of sp³-hybridized carbons (Fsp3) is 0. The molecule has 0 saturated carbocycles. The molecule has 0 spiro atoms. The number of hydrazine groups is 2. The number of rotatable bonds is 4. The van der Waals surface area contributed by atoms with E-state index in [-0.39, 0.29) is 9.79 Å². The molecule has 0 bridgehead atoms. The SMILES string of the molecule is NNc1ccc(S(=O)(=O)c2ccc(NN)cc2)cc1. The van der Waals surface area contributed by atoms with Crippen molar-refractivity contribution in [2.75, 3.05) is 10.9 Å². The van der Waals surface area contributed by atoms with Crippen molar-refractivity contribution in [3.63, 3.8) is 0 Å². The Morgan fingerprint density at radius 3 is 1.26 bits per heavy atom. The molecule has 0 aliphatic carbocycles. The molecule has 100 valence electrons. The molecule has 2 rings (SSSR count). The lowest BCUT2D eigenvalue weighted by Crippen LogP contribution is -2.08. The first-order valence-electron chi connectivity index (χ1n) is 5.46. The maximum absolute atomic E-state index is 12.3. The van der Waals surface area contributed by atoms with E-state index in [1.165, 1.54) is 24.3 Å². The standard InChI is InChI=1S/C12H14N4O2S/c13-15-9-1-5-11(6-2-9)19(17,18)12-7-3-10(16-14)4-8-12/h1-8,15-16H,13-14H2. The van der Waals surface area contributed by atoms with Gasteiger partial charge in [0.2, 0.25) is 9.84 Å². The first-order chi connectivity index (χ1) is 9.07. The van der Waals surface area contributed by atoms with Crippen LogP contribution in [0.1, 0.15) is 0 Å². The highest BCUT2D eigenvalue weighted by Crippen LogP contribution is 2.23. The third kappa shape index (κ3) is 2.68. The summed E-state index contributed by atoms with van der Waals surface area (Å²) in [5.74, 6) is 10.5. The lowest BCUT2D eigenvalue weighted by Gasteiger charge is -2.07. The fourth-order valence-corrected chi connectivity index (χ4v) is 2.86. The topological polar surface area (TPSA) is 110 Å². The van der Waals surface area contributed by atoms with E-state index < -0.39 is 9.84 Å². The summed E-state index contributed by atoms with van der Waals surface area (Å²) in [6.07, 6.45) is 0. The van der Waals surface area contributed by atoms with Gasteiger partial charge in [-0.25, -0.2) is 8.42 Å². The molecule has 0 unspecified atom stereocenters. The van der Waals surface area contributed by atoms with E-state index in [1.807, 2.05) is 0 Å². The Morgan fingerprint density at radius 1 is 0.684 bits per heavy atom. The van der Waals surface area contributed by atoms with Gasteiger partial charge in [-0.05, 0) is 48.5 Å². The highest BCUT2D eigenvalue weighted by Gasteiger charge is 2.17. The van der Waals surface area contributed by atoms with Gasteiger partial charge < -0.3 is 10.9 Å². The number of nitrogens with one attached hydrogen (secondary N) is 2. The van der Waals surface area contributed by atoms with Crippen LogP contribution in [0.4, 0.5) is 11.4 Å². The number of nitrogens with two attached hydrogens (primary N) is 2. The van der Waals surface area contributed by atoms with E-state index in [0.717, 1.165) is 0 Å². The van der Waals surface area contributed by atoms with Crippen molar-refractivity contribution in [3.8, 4) is 0 Å². The summed E-state index contributed by atoms with van der Waals surface area (Å²) in [6, 6.07) is 12.4. The fourth-order valence-electron chi connectivity index (χ4n) is 1.60. The summed E-state index contributed by atoms with van der Waals surface area (Å²) >= 11 is 0. The van der Waals surface area contributed by atoms with Crippen LogP contribution < -0.4 is 22.5 Å². The second-order valence-electron chi connectivity index (χ2n) is 3.84. The number of hydrogen-bond acceptors (Lipinski definition) is 6. The zero-order valence-corrected chi connectivity index (χ0v) is 10.8. The lowest BCUT2D eigenvalue weighted by atomic mass is 10.3. The molecule has 0 aromatic heterocycles. The summed E-state index contributed by atoms with van der Waals surface area (Å²) in [6.45, 7) is 0. The van der Waals surface area contributed by atoms with E-state index in [0.29, 0.717) is 11.4 Å². The van der Waals surface area contributed by atoms with Crippen LogP contribution in [0.3, 0.4) is 0 Å². The molecular weight excluding hydrogens is 264 g/mol. The van der Waals surface area contributed by atoms with E-state index in [1.54, 1.807) is 24.3 Å². The lowest BCUT2D eigenvalue weighted by molar-refractivity contribution is 0.596. The molecule has 0 fully saturated rings. The Labute approximate surface area is 111 Å². The second kappa shape index (κ2) is 5.27. The molecule has 0 amide bonds.